The third-order valence-electron chi connectivity index (χ3n) is 3.98. The fourth-order valence-electron chi connectivity index (χ4n) is 2.83. The Hall–Kier alpha value is -2.89. The highest BCUT2D eigenvalue weighted by molar-refractivity contribution is 6.04. The van der Waals surface area contributed by atoms with Crippen LogP contribution in [0.1, 0.15) is 16.1 Å². The Morgan fingerprint density at radius 2 is 2.09 bits per heavy atom. The van der Waals surface area contributed by atoms with Crippen molar-refractivity contribution in [2.45, 2.75) is 6.54 Å². The number of ether oxygens (including phenoxy) is 1. The van der Waals surface area contributed by atoms with Gasteiger partial charge in [-0.3, -0.25) is 9.89 Å². The van der Waals surface area contributed by atoms with Crippen molar-refractivity contribution in [2.75, 3.05) is 13.2 Å². The van der Waals surface area contributed by atoms with E-state index in [1.165, 1.54) is 6.07 Å². The quantitative estimate of drug-likeness (QED) is 0.752. The SMILES string of the molecule is O=C(c1n[nH]c2cccc(F)c12)N1CCOc2ccccc2C1. The maximum absolute atomic E-state index is 14.1. The van der Waals surface area contributed by atoms with Crippen molar-refractivity contribution in [3.8, 4) is 5.75 Å². The first-order chi connectivity index (χ1) is 11.2. The standard InChI is InChI=1S/C17H14FN3O2/c18-12-5-3-6-13-15(12)16(20-19-13)17(22)21-8-9-23-14-7-2-1-4-11(14)10-21/h1-7H,8-10H2,(H,19,20). The maximum atomic E-state index is 14.1. The average Bonchev–Trinajstić information content (AvgIpc) is 2.88. The highest BCUT2D eigenvalue weighted by Crippen LogP contribution is 2.25. The van der Waals surface area contributed by atoms with E-state index in [2.05, 4.69) is 10.2 Å². The number of halogens is 1. The second-order valence-corrected chi connectivity index (χ2v) is 5.42. The molecule has 1 aromatic heterocycles. The molecule has 1 aliphatic heterocycles. The molecular weight excluding hydrogens is 297 g/mol. The number of benzene rings is 2. The van der Waals surface area contributed by atoms with Gasteiger partial charge in [0.05, 0.1) is 17.4 Å². The van der Waals surface area contributed by atoms with Gasteiger partial charge in [0.25, 0.3) is 5.91 Å². The van der Waals surface area contributed by atoms with Crippen LogP contribution in [-0.2, 0) is 6.54 Å². The second-order valence-electron chi connectivity index (χ2n) is 5.42. The smallest absolute Gasteiger partial charge is 0.275 e. The van der Waals surface area contributed by atoms with Crippen LogP contribution in [0.25, 0.3) is 10.9 Å². The first-order valence-electron chi connectivity index (χ1n) is 7.36. The van der Waals surface area contributed by atoms with E-state index >= 15 is 0 Å². The number of amides is 1. The molecule has 3 aromatic rings. The summed E-state index contributed by atoms with van der Waals surface area (Å²) in [6, 6.07) is 12.2. The van der Waals surface area contributed by atoms with E-state index in [0.29, 0.717) is 25.2 Å². The van der Waals surface area contributed by atoms with Crippen molar-refractivity contribution in [1.82, 2.24) is 15.1 Å². The molecule has 1 N–H and O–H groups in total. The minimum Gasteiger partial charge on any atom is -0.491 e. The molecule has 23 heavy (non-hydrogen) atoms. The van der Waals surface area contributed by atoms with Gasteiger partial charge in [0, 0.05) is 12.1 Å². The number of hydrogen-bond donors (Lipinski definition) is 1. The van der Waals surface area contributed by atoms with Gasteiger partial charge >= 0.3 is 0 Å². The largest absolute Gasteiger partial charge is 0.491 e. The molecule has 0 aliphatic carbocycles. The van der Waals surface area contributed by atoms with Gasteiger partial charge in [0.2, 0.25) is 0 Å². The monoisotopic (exact) mass is 311 g/mol. The Labute approximate surface area is 131 Å². The molecule has 0 saturated carbocycles. The molecule has 0 spiro atoms. The number of nitrogens with zero attached hydrogens (tertiary/aromatic N) is 2. The van der Waals surface area contributed by atoms with Crippen molar-refractivity contribution in [3.05, 3.63) is 59.5 Å². The Morgan fingerprint density at radius 1 is 1.22 bits per heavy atom. The summed E-state index contributed by atoms with van der Waals surface area (Å²) in [4.78, 5) is 14.4. The molecule has 6 heteroatoms. The summed E-state index contributed by atoms with van der Waals surface area (Å²) in [5.74, 6) is 0.0218. The van der Waals surface area contributed by atoms with Crippen molar-refractivity contribution in [3.63, 3.8) is 0 Å². The van der Waals surface area contributed by atoms with Gasteiger partial charge in [0.15, 0.2) is 5.69 Å². The normalized spacial score (nSPS) is 14.2. The minimum atomic E-state index is -0.453. The summed E-state index contributed by atoms with van der Waals surface area (Å²) in [5.41, 5.74) is 1.55. The number of aromatic amines is 1. The summed E-state index contributed by atoms with van der Waals surface area (Å²) in [5, 5.41) is 6.97. The number of carbonyl (C=O) groups excluding carboxylic acids is 1. The maximum Gasteiger partial charge on any atom is 0.275 e. The molecule has 1 amide bonds. The van der Waals surface area contributed by atoms with Crippen molar-refractivity contribution >= 4 is 16.8 Å². The van der Waals surface area contributed by atoms with E-state index in [1.807, 2.05) is 24.3 Å². The van der Waals surface area contributed by atoms with Crippen LogP contribution in [0.3, 0.4) is 0 Å². The molecule has 0 atom stereocenters. The zero-order chi connectivity index (χ0) is 15.8. The molecule has 0 radical (unpaired) electrons. The van der Waals surface area contributed by atoms with Crippen LogP contribution in [0.15, 0.2) is 42.5 Å². The van der Waals surface area contributed by atoms with Gasteiger partial charge in [-0.05, 0) is 18.2 Å². The average molecular weight is 311 g/mol. The molecule has 2 heterocycles. The lowest BCUT2D eigenvalue weighted by atomic mass is 10.1. The van der Waals surface area contributed by atoms with E-state index < -0.39 is 5.82 Å². The fraction of sp³-hybridized carbons (Fsp3) is 0.176. The number of H-pyrrole nitrogens is 1. The second kappa shape index (κ2) is 5.39. The van der Waals surface area contributed by atoms with Crippen molar-refractivity contribution < 1.29 is 13.9 Å². The van der Waals surface area contributed by atoms with Crippen molar-refractivity contribution in [2.24, 2.45) is 0 Å². The Morgan fingerprint density at radius 3 is 3.00 bits per heavy atom. The van der Waals surface area contributed by atoms with E-state index in [4.69, 9.17) is 4.74 Å². The molecule has 1 aliphatic rings. The Bertz CT molecular complexity index is 890. The lowest BCUT2D eigenvalue weighted by Crippen LogP contribution is -2.32. The fourth-order valence-corrected chi connectivity index (χ4v) is 2.83. The number of para-hydroxylation sites is 1. The topological polar surface area (TPSA) is 58.2 Å². The molecular formula is C17H14FN3O2. The third kappa shape index (κ3) is 2.32. The minimum absolute atomic E-state index is 0.109. The molecule has 0 saturated heterocycles. The lowest BCUT2D eigenvalue weighted by Gasteiger charge is -2.18. The molecule has 0 bridgehead atoms. The van der Waals surface area contributed by atoms with Gasteiger partial charge < -0.3 is 9.64 Å². The predicted molar refractivity (Wildman–Crippen MR) is 82.7 cm³/mol. The van der Waals surface area contributed by atoms with Crippen molar-refractivity contribution in [1.29, 1.82) is 0 Å². The number of rotatable bonds is 1. The Kier molecular flexibility index (Phi) is 3.22. The van der Waals surface area contributed by atoms with Crippen LogP contribution in [0.4, 0.5) is 4.39 Å². The van der Waals surface area contributed by atoms with Crippen LogP contribution in [0, 0.1) is 5.82 Å². The first kappa shape index (κ1) is 13.8. The van der Waals surface area contributed by atoms with Gasteiger partial charge in [-0.2, -0.15) is 5.10 Å². The number of hydrogen-bond acceptors (Lipinski definition) is 3. The lowest BCUT2D eigenvalue weighted by molar-refractivity contribution is 0.0729. The summed E-state index contributed by atoms with van der Waals surface area (Å²) in [6.07, 6.45) is 0. The predicted octanol–water partition coefficient (Wildman–Crippen LogP) is 2.74. The summed E-state index contributed by atoms with van der Waals surface area (Å²) < 4.78 is 19.7. The molecule has 0 fully saturated rings. The molecule has 0 unspecified atom stereocenters. The Balaban J connectivity index is 1.71. The van der Waals surface area contributed by atoms with Crippen LogP contribution in [0.2, 0.25) is 0 Å². The zero-order valence-electron chi connectivity index (χ0n) is 12.3. The van der Waals surface area contributed by atoms with Gasteiger partial charge in [-0.25, -0.2) is 4.39 Å². The van der Waals surface area contributed by atoms with Gasteiger partial charge in [-0.1, -0.05) is 24.3 Å². The van der Waals surface area contributed by atoms with Crippen LogP contribution in [0.5, 0.6) is 5.75 Å². The van der Waals surface area contributed by atoms with Crippen LogP contribution < -0.4 is 4.74 Å². The molecule has 5 nitrogen and oxygen atoms in total. The summed E-state index contributed by atoms with van der Waals surface area (Å²) >= 11 is 0. The highest BCUT2D eigenvalue weighted by Gasteiger charge is 2.25. The molecule has 4 rings (SSSR count). The number of nitrogens with one attached hydrogen (secondary N) is 1. The number of fused-ring (bicyclic) bond motifs is 2. The summed E-state index contributed by atoms with van der Waals surface area (Å²) in [6.45, 7) is 1.24. The van der Waals surface area contributed by atoms with Crippen LogP contribution in [-0.4, -0.2) is 34.2 Å². The van der Waals surface area contributed by atoms with Gasteiger partial charge in [-0.15, -0.1) is 0 Å². The van der Waals surface area contributed by atoms with Gasteiger partial charge in [0.1, 0.15) is 18.2 Å². The summed E-state index contributed by atoms with van der Waals surface area (Å²) in [7, 11) is 0. The number of aromatic nitrogens is 2. The van der Waals surface area contributed by atoms with E-state index in [0.717, 1.165) is 11.3 Å². The molecule has 116 valence electrons. The van der Waals surface area contributed by atoms with Crippen LogP contribution >= 0.6 is 0 Å². The highest BCUT2D eigenvalue weighted by atomic mass is 19.1. The third-order valence-corrected chi connectivity index (χ3v) is 3.98. The molecule has 2 aromatic carbocycles. The van der Waals surface area contributed by atoms with E-state index in [9.17, 15) is 9.18 Å². The number of carbonyl (C=O) groups is 1. The zero-order valence-corrected chi connectivity index (χ0v) is 12.3. The van der Waals surface area contributed by atoms with E-state index in [-0.39, 0.29) is 17.0 Å². The first-order valence-corrected chi connectivity index (χ1v) is 7.36. The van der Waals surface area contributed by atoms with E-state index in [1.54, 1.807) is 17.0 Å².